The molecular formula is C28H28FN7O. The first-order chi connectivity index (χ1) is 17.9. The van der Waals surface area contributed by atoms with E-state index in [1.54, 1.807) is 12.4 Å². The van der Waals surface area contributed by atoms with E-state index in [0.29, 0.717) is 34.4 Å². The number of anilines is 4. The largest absolute Gasteiger partial charge is 0.369 e. The molecule has 1 unspecified atom stereocenters. The van der Waals surface area contributed by atoms with Crippen molar-refractivity contribution in [2.45, 2.75) is 12.5 Å². The molecule has 0 aliphatic carbocycles. The van der Waals surface area contributed by atoms with Gasteiger partial charge in [-0.15, -0.1) is 0 Å². The standard InChI is InChI=1S/C28H28FN7O/c1-4-26(37)33-24-13-21(8-9-25(24)36(3)22-10-11-35(2)17-22)32-28-31-15-18-6-5-7-23(27(18)34-28)19-12-20(29)16-30-14-19/h4-9,12-16,22H,1,10-11,17H2,2-3H3,(H,33,37)(H,31,32,34). The highest BCUT2D eigenvalue weighted by atomic mass is 19.1. The molecular weight excluding hydrogens is 469 g/mol. The molecule has 1 aliphatic rings. The lowest BCUT2D eigenvalue weighted by Crippen LogP contribution is -2.34. The summed E-state index contributed by atoms with van der Waals surface area (Å²) in [6.45, 7) is 5.58. The molecule has 0 saturated carbocycles. The lowest BCUT2D eigenvalue weighted by Gasteiger charge is -2.29. The van der Waals surface area contributed by atoms with E-state index in [1.807, 2.05) is 43.4 Å². The van der Waals surface area contributed by atoms with Gasteiger partial charge in [0, 0.05) is 54.2 Å². The number of likely N-dealkylation sites (tertiary alicyclic amines) is 1. The van der Waals surface area contributed by atoms with E-state index in [9.17, 15) is 9.18 Å². The Labute approximate surface area is 214 Å². The summed E-state index contributed by atoms with van der Waals surface area (Å²) in [5.41, 5.74) is 4.36. The lowest BCUT2D eigenvalue weighted by molar-refractivity contribution is -0.111. The number of amides is 1. The minimum Gasteiger partial charge on any atom is -0.369 e. The van der Waals surface area contributed by atoms with E-state index in [0.717, 1.165) is 36.1 Å². The van der Waals surface area contributed by atoms with Gasteiger partial charge < -0.3 is 20.4 Å². The first-order valence-electron chi connectivity index (χ1n) is 12.0. The van der Waals surface area contributed by atoms with Gasteiger partial charge in [0.1, 0.15) is 5.82 Å². The third kappa shape index (κ3) is 5.26. The van der Waals surface area contributed by atoms with Crippen molar-refractivity contribution in [3.8, 4) is 11.1 Å². The number of carbonyl (C=O) groups excluding carboxylic acids is 1. The van der Waals surface area contributed by atoms with Crippen molar-refractivity contribution in [1.82, 2.24) is 19.9 Å². The quantitative estimate of drug-likeness (QED) is 0.354. The highest BCUT2D eigenvalue weighted by molar-refractivity contribution is 6.02. The van der Waals surface area contributed by atoms with E-state index >= 15 is 0 Å². The Morgan fingerprint density at radius 2 is 2.08 bits per heavy atom. The molecule has 2 aromatic carbocycles. The van der Waals surface area contributed by atoms with Crippen LogP contribution >= 0.6 is 0 Å². The number of nitrogens with zero attached hydrogens (tertiary/aromatic N) is 5. The maximum atomic E-state index is 13.8. The van der Waals surface area contributed by atoms with Gasteiger partial charge in [-0.05, 0) is 50.4 Å². The highest BCUT2D eigenvalue weighted by Crippen LogP contribution is 2.33. The Bertz CT molecular complexity index is 1470. The summed E-state index contributed by atoms with van der Waals surface area (Å²) < 4.78 is 13.8. The van der Waals surface area contributed by atoms with Crippen molar-refractivity contribution < 1.29 is 9.18 Å². The number of halogens is 1. The van der Waals surface area contributed by atoms with Crippen LogP contribution in [0.2, 0.25) is 0 Å². The topological polar surface area (TPSA) is 86.3 Å². The third-order valence-corrected chi connectivity index (χ3v) is 6.62. The van der Waals surface area contributed by atoms with Crippen LogP contribution in [0, 0.1) is 5.82 Å². The summed E-state index contributed by atoms with van der Waals surface area (Å²) in [4.78, 5) is 29.9. The van der Waals surface area contributed by atoms with Crippen molar-refractivity contribution in [3.63, 3.8) is 0 Å². The number of hydrogen-bond acceptors (Lipinski definition) is 7. The number of aromatic nitrogens is 3. The first-order valence-corrected chi connectivity index (χ1v) is 12.0. The fraction of sp³-hybridized carbons (Fsp3) is 0.214. The summed E-state index contributed by atoms with van der Waals surface area (Å²) in [7, 11) is 4.16. The number of carbonyl (C=O) groups is 1. The normalized spacial score (nSPS) is 15.5. The van der Waals surface area contributed by atoms with Crippen molar-refractivity contribution in [3.05, 3.63) is 79.5 Å². The number of rotatable bonds is 7. The summed E-state index contributed by atoms with van der Waals surface area (Å²) in [6.07, 6.45) is 6.81. The van der Waals surface area contributed by atoms with Gasteiger partial charge in [0.25, 0.3) is 0 Å². The summed E-state index contributed by atoms with van der Waals surface area (Å²) in [6, 6.07) is 13.2. The number of para-hydroxylation sites is 1. The molecule has 1 amide bonds. The number of benzene rings is 2. The van der Waals surface area contributed by atoms with E-state index in [2.05, 4.69) is 44.0 Å². The Hall–Kier alpha value is -4.37. The molecule has 0 spiro atoms. The van der Waals surface area contributed by atoms with Crippen LogP contribution in [0.1, 0.15) is 6.42 Å². The van der Waals surface area contributed by atoms with Gasteiger partial charge in [0.05, 0.1) is 23.1 Å². The molecule has 4 aromatic rings. The molecule has 5 rings (SSSR count). The van der Waals surface area contributed by atoms with Crippen LogP contribution in [0.15, 0.2) is 73.7 Å². The number of likely N-dealkylation sites (N-methyl/N-ethyl adjacent to an activating group) is 2. The molecule has 2 N–H and O–H groups in total. The maximum absolute atomic E-state index is 13.8. The van der Waals surface area contributed by atoms with Crippen molar-refractivity contribution in [2.75, 3.05) is 42.7 Å². The zero-order valence-corrected chi connectivity index (χ0v) is 20.8. The van der Waals surface area contributed by atoms with Gasteiger partial charge in [-0.1, -0.05) is 24.8 Å². The van der Waals surface area contributed by atoms with Crippen LogP contribution in [-0.2, 0) is 4.79 Å². The van der Waals surface area contributed by atoms with Crippen molar-refractivity contribution >= 4 is 39.8 Å². The minimum atomic E-state index is -0.412. The molecule has 8 nitrogen and oxygen atoms in total. The van der Waals surface area contributed by atoms with E-state index in [-0.39, 0.29) is 5.91 Å². The molecule has 0 radical (unpaired) electrons. The molecule has 3 heterocycles. The van der Waals surface area contributed by atoms with E-state index in [4.69, 9.17) is 4.98 Å². The fourth-order valence-corrected chi connectivity index (χ4v) is 4.67. The molecule has 37 heavy (non-hydrogen) atoms. The summed E-state index contributed by atoms with van der Waals surface area (Å²) in [5.74, 6) is -0.320. The summed E-state index contributed by atoms with van der Waals surface area (Å²) >= 11 is 0. The van der Waals surface area contributed by atoms with Gasteiger partial charge in [-0.25, -0.2) is 14.4 Å². The van der Waals surface area contributed by atoms with E-state index in [1.165, 1.54) is 18.3 Å². The van der Waals surface area contributed by atoms with Crippen LogP contribution < -0.4 is 15.5 Å². The predicted octanol–water partition coefficient (Wildman–Crippen LogP) is 4.84. The van der Waals surface area contributed by atoms with Gasteiger partial charge in [-0.2, -0.15) is 0 Å². The van der Waals surface area contributed by atoms with Gasteiger partial charge >= 0.3 is 0 Å². The molecule has 1 atom stereocenters. The maximum Gasteiger partial charge on any atom is 0.247 e. The van der Waals surface area contributed by atoms with Crippen LogP contribution in [0.4, 0.5) is 27.4 Å². The average Bonchev–Trinajstić information content (AvgIpc) is 3.34. The van der Waals surface area contributed by atoms with Crippen molar-refractivity contribution in [2.24, 2.45) is 0 Å². The molecule has 188 valence electrons. The molecule has 0 bridgehead atoms. The lowest BCUT2D eigenvalue weighted by atomic mass is 10.0. The third-order valence-electron chi connectivity index (χ3n) is 6.62. The number of nitrogens with one attached hydrogen (secondary N) is 2. The second-order valence-corrected chi connectivity index (χ2v) is 9.19. The molecule has 1 saturated heterocycles. The Kier molecular flexibility index (Phi) is 6.78. The molecule has 9 heteroatoms. The highest BCUT2D eigenvalue weighted by Gasteiger charge is 2.25. The van der Waals surface area contributed by atoms with E-state index < -0.39 is 5.82 Å². The van der Waals surface area contributed by atoms with Gasteiger partial charge in [0.15, 0.2) is 0 Å². The van der Waals surface area contributed by atoms with Crippen LogP contribution in [0.5, 0.6) is 0 Å². The average molecular weight is 498 g/mol. The van der Waals surface area contributed by atoms with Crippen molar-refractivity contribution in [1.29, 1.82) is 0 Å². The smallest absolute Gasteiger partial charge is 0.247 e. The van der Waals surface area contributed by atoms with Gasteiger partial charge in [0.2, 0.25) is 11.9 Å². The molecule has 1 aliphatic heterocycles. The second-order valence-electron chi connectivity index (χ2n) is 9.19. The minimum absolute atomic E-state index is 0.286. The van der Waals surface area contributed by atoms with Crippen LogP contribution in [0.25, 0.3) is 22.0 Å². The molecule has 2 aromatic heterocycles. The fourth-order valence-electron chi connectivity index (χ4n) is 4.67. The molecule has 1 fully saturated rings. The van der Waals surface area contributed by atoms with Crippen LogP contribution in [0.3, 0.4) is 0 Å². The first kappa shape index (κ1) is 24.3. The number of hydrogen-bond donors (Lipinski definition) is 2. The Morgan fingerprint density at radius 3 is 2.84 bits per heavy atom. The van der Waals surface area contributed by atoms with Crippen LogP contribution in [-0.4, -0.2) is 59.0 Å². The number of pyridine rings is 1. The zero-order chi connectivity index (χ0) is 25.9. The SMILES string of the molecule is C=CC(=O)Nc1cc(Nc2ncc3cccc(-c4cncc(F)c4)c3n2)ccc1N(C)C1CCN(C)C1. The summed E-state index contributed by atoms with van der Waals surface area (Å²) in [5, 5.41) is 7.00. The van der Waals surface area contributed by atoms with Gasteiger partial charge in [-0.3, -0.25) is 9.78 Å². The number of fused-ring (bicyclic) bond motifs is 1. The zero-order valence-electron chi connectivity index (χ0n) is 20.8. The predicted molar refractivity (Wildman–Crippen MR) is 146 cm³/mol. The Morgan fingerprint density at radius 1 is 1.22 bits per heavy atom. The Balaban J connectivity index is 1.48. The second kappa shape index (κ2) is 10.3. The monoisotopic (exact) mass is 497 g/mol.